The fourth-order valence-corrected chi connectivity index (χ4v) is 0. The zero-order valence-corrected chi connectivity index (χ0v) is 5.35. The molecule has 0 amide bonds. The summed E-state index contributed by atoms with van der Waals surface area (Å²) in [6, 6.07) is 0. The van der Waals surface area contributed by atoms with Crippen molar-refractivity contribution in [2.75, 3.05) is 0 Å². The van der Waals surface area contributed by atoms with Crippen molar-refractivity contribution in [2.45, 2.75) is 0 Å². The molecule has 0 aliphatic heterocycles. The van der Waals surface area contributed by atoms with Crippen LogP contribution in [0.4, 0.5) is 0 Å². The summed E-state index contributed by atoms with van der Waals surface area (Å²) < 4.78 is 0. The van der Waals surface area contributed by atoms with Crippen molar-refractivity contribution in [1.82, 2.24) is 0 Å². The molecule has 7 heteroatoms. The molecule has 6 N–H and O–H groups in total. The number of aliphatic carboxylic acids is 2. The molecule has 0 unspecified atom stereocenters. The van der Waals surface area contributed by atoms with Crippen LogP contribution in [-0.2, 0) is 37.6 Å². The standard InChI is InChI=1S/C2H2O4.Mn.2H2O/c3-1(4)2(5)6;;;/h(H,3,4)(H,5,6);;2*1H2/q;+2;;. The van der Waals surface area contributed by atoms with E-state index in [0.29, 0.717) is 0 Å². The molecule has 0 aliphatic rings. The second kappa shape index (κ2) is 10.4. The molecule has 0 aromatic rings. The van der Waals surface area contributed by atoms with Crippen LogP contribution in [0.25, 0.3) is 0 Å². The molecule has 0 saturated heterocycles. The molecule has 0 bridgehead atoms. The molecule has 0 rings (SSSR count). The van der Waals surface area contributed by atoms with Gasteiger partial charge in [-0.15, -0.1) is 0 Å². The third-order valence-electron chi connectivity index (χ3n) is 0.167. The average Bonchev–Trinajstić information content (AvgIpc) is 1.36. The topological polar surface area (TPSA) is 146 Å². The van der Waals surface area contributed by atoms with E-state index < -0.39 is 11.9 Å². The van der Waals surface area contributed by atoms with E-state index in [0.717, 1.165) is 0 Å². The first kappa shape index (κ1) is 23.8. The van der Waals surface area contributed by atoms with Gasteiger partial charge in [0.15, 0.2) is 0 Å². The number of carboxylic acids is 2. The summed E-state index contributed by atoms with van der Waals surface area (Å²) in [7, 11) is 0. The summed E-state index contributed by atoms with van der Waals surface area (Å²) in [5, 5.41) is 17.9. The van der Waals surface area contributed by atoms with Gasteiger partial charge in [-0.3, -0.25) is 0 Å². The molecule has 0 aliphatic carbocycles. The Hall–Kier alpha value is -0.621. The van der Waals surface area contributed by atoms with Crippen LogP contribution in [0.3, 0.4) is 0 Å². The van der Waals surface area contributed by atoms with Gasteiger partial charge in [-0.25, -0.2) is 0 Å². The predicted octanol–water partition coefficient (Wildman–Crippen LogP) is -5.36. The van der Waals surface area contributed by atoms with Crippen LogP contribution in [-0.4, -0.2) is 11.9 Å². The maximum absolute atomic E-state index is 8.93. The maximum Gasteiger partial charge on any atom is 2.00 e. The van der Waals surface area contributed by atoms with E-state index in [4.69, 9.17) is 19.8 Å². The Balaban J connectivity index is -0.0000000417. The van der Waals surface area contributed by atoms with E-state index in [1.165, 1.54) is 0 Å². The Bertz CT molecular complexity index is 77.1. The number of hydrogen-bond donors (Lipinski definition) is 0. The van der Waals surface area contributed by atoms with Crippen molar-refractivity contribution >= 4 is 11.9 Å². The molecular formula is C2H6MnO6+2. The second-order valence-corrected chi connectivity index (χ2v) is 0.575. The zero-order valence-electron chi connectivity index (χ0n) is 4.17. The molecule has 0 heterocycles. The third-order valence-corrected chi connectivity index (χ3v) is 0.167. The predicted molar refractivity (Wildman–Crippen MR) is 19.8 cm³/mol. The number of hydrogen-bond acceptors (Lipinski definition) is 4. The average molecular weight is 181 g/mol. The van der Waals surface area contributed by atoms with Gasteiger partial charge in [0.2, 0.25) is 0 Å². The normalized spacial score (nSPS) is 4.89. The van der Waals surface area contributed by atoms with Gasteiger partial charge in [-0.2, -0.15) is 0 Å². The fourth-order valence-electron chi connectivity index (χ4n) is 0. The van der Waals surface area contributed by atoms with Crippen LogP contribution < -0.4 is 10.2 Å². The van der Waals surface area contributed by atoms with E-state index in [-0.39, 0.29) is 28.0 Å². The largest absolute Gasteiger partial charge is 2.00 e. The number of carbonyl (C=O) groups is 2. The van der Waals surface area contributed by atoms with E-state index in [9.17, 15) is 0 Å². The second-order valence-electron chi connectivity index (χ2n) is 0.575. The van der Waals surface area contributed by atoms with Gasteiger partial charge in [-0.1, -0.05) is 0 Å². The summed E-state index contributed by atoms with van der Waals surface area (Å²) >= 11 is 0. The summed E-state index contributed by atoms with van der Waals surface area (Å²) in [6.45, 7) is 0. The minimum absolute atomic E-state index is 0. The van der Waals surface area contributed by atoms with Crippen LogP contribution in [0.15, 0.2) is 0 Å². The summed E-state index contributed by atoms with van der Waals surface area (Å²) in [5.74, 6) is -4.37. The number of carboxylic acid groups (broad SMARTS) is 2. The van der Waals surface area contributed by atoms with E-state index >= 15 is 0 Å². The minimum atomic E-state index is -2.19. The molecule has 0 fully saturated rings. The first-order chi connectivity index (χ1) is 2.64. The Labute approximate surface area is 60.6 Å². The van der Waals surface area contributed by atoms with Gasteiger partial charge in [0.05, 0.1) is 11.9 Å². The van der Waals surface area contributed by atoms with Crippen molar-refractivity contribution in [3.8, 4) is 0 Å². The Kier molecular flexibility index (Phi) is 27.4. The molecule has 9 heavy (non-hydrogen) atoms. The third kappa shape index (κ3) is 18.7. The summed E-state index contributed by atoms with van der Waals surface area (Å²) in [4.78, 5) is 17.9. The van der Waals surface area contributed by atoms with Crippen LogP contribution >= 0.6 is 0 Å². The van der Waals surface area contributed by atoms with Crippen LogP contribution in [0.1, 0.15) is 0 Å². The van der Waals surface area contributed by atoms with Gasteiger partial charge >= 0.3 is 17.1 Å². The van der Waals surface area contributed by atoms with Gasteiger partial charge in [0.1, 0.15) is 0 Å². The van der Waals surface area contributed by atoms with Gasteiger partial charge in [-0.05, 0) is 0 Å². The van der Waals surface area contributed by atoms with E-state index in [2.05, 4.69) is 0 Å². The zero-order chi connectivity index (χ0) is 5.15. The van der Waals surface area contributed by atoms with Gasteiger partial charge < -0.3 is 30.8 Å². The molecule has 0 aromatic carbocycles. The van der Waals surface area contributed by atoms with E-state index in [1.807, 2.05) is 0 Å². The van der Waals surface area contributed by atoms with Crippen LogP contribution in [0.5, 0.6) is 0 Å². The first-order valence-corrected chi connectivity index (χ1v) is 1.07. The molecule has 1 radical (unpaired) electrons. The SMILES string of the molecule is O=C([O-])C(=O)[O-].[Mn+2].[OH3+].[OH3+]. The van der Waals surface area contributed by atoms with Crippen molar-refractivity contribution in [1.29, 1.82) is 0 Å². The molecule has 0 spiro atoms. The van der Waals surface area contributed by atoms with E-state index in [1.54, 1.807) is 0 Å². The van der Waals surface area contributed by atoms with Gasteiger partial charge in [0, 0.05) is 0 Å². The van der Waals surface area contributed by atoms with Crippen LogP contribution in [0.2, 0.25) is 0 Å². The maximum atomic E-state index is 8.93. The molecular weight excluding hydrogens is 175 g/mol. The summed E-state index contributed by atoms with van der Waals surface area (Å²) in [5.41, 5.74) is 0. The molecule has 55 valence electrons. The van der Waals surface area contributed by atoms with Crippen molar-refractivity contribution in [2.24, 2.45) is 0 Å². The molecule has 0 aromatic heterocycles. The molecule has 0 atom stereocenters. The fraction of sp³-hybridized carbons (Fsp3) is 0. The van der Waals surface area contributed by atoms with Crippen molar-refractivity contribution in [3.63, 3.8) is 0 Å². The number of rotatable bonds is 0. The quantitative estimate of drug-likeness (QED) is 0.208. The monoisotopic (exact) mass is 181 g/mol. The Morgan fingerprint density at radius 1 is 0.889 bits per heavy atom. The molecule has 6 nitrogen and oxygen atoms in total. The van der Waals surface area contributed by atoms with Gasteiger partial charge in [0.25, 0.3) is 0 Å². The number of carbonyl (C=O) groups excluding carboxylic acids is 2. The Morgan fingerprint density at radius 3 is 1.00 bits per heavy atom. The van der Waals surface area contributed by atoms with Crippen LogP contribution in [0, 0.1) is 0 Å². The smallest absolute Gasteiger partial charge is 0.543 e. The molecule has 0 saturated carbocycles. The van der Waals surface area contributed by atoms with Crippen molar-refractivity contribution in [3.05, 3.63) is 0 Å². The summed E-state index contributed by atoms with van der Waals surface area (Å²) in [6.07, 6.45) is 0. The van der Waals surface area contributed by atoms with Crippen molar-refractivity contribution < 1.29 is 47.8 Å². The first-order valence-electron chi connectivity index (χ1n) is 1.07. The Morgan fingerprint density at radius 2 is 1.00 bits per heavy atom. The minimum Gasteiger partial charge on any atom is -0.543 e.